The summed E-state index contributed by atoms with van der Waals surface area (Å²) in [6.45, 7) is 4.02. The fourth-order valence-electron chi connectivity index (χ4n) is 2.92. The summed E-state index contributed by atoms with van der Waals surface area (Å²) in [5.74, 6) is 1.15. The van der Waals surface area contributed by atoms with Gasteiger partial charge in [0.05, 0.1) is 0 Å². The van der Waals surface area contributed by atoms with Crippen LogP contribution in [0, 0.1) is 11.8 Å². The maximum atomic E-state index is 12.1. The Morgan fingerprint density at radius 2 is 1.63 bits per heavy atom. The first-order valence-corrected chi connectivity index (χ1v) is 6.33. The molecule has 0 aliphatic carbocycles. The number of alkyl halides is 3. The van der Waals surface area contributed by atoms with Crippen LogP contribution in [0.3, 0.4) is 0 Å². The van der Waals surface area contributed by atoms with Crippen LogP contribution in [0.2, 0.25) is 0 Å². The molecular formula is C13H15F3N2O. The number of hydrogen-bond donors (Lipinski definition) is 1. The van der Waals surface area contributed by atoms with Gasteiger partial charge < -0.3 is 15.0 Å². The van der Waals surface area contributed by atoms with Gasteiger partial charge in [-0.25, -0.2) is 0 Å². The number of benzene rings is 1. The summed E-state index contributed by atoms with van der Waals surface area (Å²) in [6, 6.07) is 6.12. The smallest absolute Gasteiger partial charge is 0.406 e. The van der Waals surface area contributed by atoms with Crippen molar-refractivity contribution in [1.29, 1.82) is 0 Å². The Morgan fingerprint density at radius 3 is 2.16 bits per heavy atom. The normalized spacial score (nSPS) is 26.6. The highest BCUT2D eigenvalue weighted by Gasteiger charge is 2.36. The van der Waals surface area contributed by atoms with Crippen molar-refractivity contribution in [3.63, 3.8) is 0 Å². The van der Waals surface area contributed by atoms with Gasteiger partial charge in [-0.05, 0) is 36.1 Å². The van der Waals surface area contributed by atoms with Crippen molar-refractivity contribution in [2.75, 3.05) is 31.1 Å². The van der Waals surface area contributed by atoms with E-state index in [9.17, 15) is 13.2 Å². The Kier molecular flexibility index (Phi) is 3.05. The van der Waals surface area contributed by atoms with E-state index in [4.69, 9.17) is 0 Å². The van der Waals surface area contributed by atoms with Crippen LogP contribution in [-0.4, -0.2) is 32.5 Å². The average molecular weight is 272 g/mol. The molecule has 1 N–H and O–H groups in total. The Bertz CT molecular complexity index is 434. The zero-order valence-corrected chi connectivity index (χ0v) is 10.3. The van der Waals surface area contributed by atoms with Crippen molar-refractivity contribution in [3.05, 3.63) is 24.3 Å². The number of anilines is 1. The molecule has 3 rings (SSSR count). The largest absolute Gasteiger partial charge is 0.573 e. The highest BCUT2D eigenvalue weighted by atomic mass is 19.4. The molecule has 0 saturated carbocycles. The SMILES string of the molecule is FC(F)(F)Oc1ccc(N2C[C@H]3CNC[C@H]3C2)cc1. The molecule has 19 heavy (non-hydrogen) atoms. The Hall–Kier alpha value is -1.43. The zero-order valence-electron chi connectivity index (χ0n) is 10.3. The van der Waals surface area contributed by atoms with Crippen LogP contribution in [0.1, 0.15) is 0 Å². The van der Waals surface area contributed by atoms with Gasteiger partial charge in [-0.2, -0.15) is 0 Å². The Morgan fingerprint density at radius 1 is 1.05 bits per heavy atom. The fourth-order valence-corrected chi connectivity index (χ4v) is 2.92. The van der Waals surface area contributed by atoms with Gasteiger partial charge in [0.2, 0.25) is 0 Å². The first-order chi connectivity index (χ1) is 9.01. The quantitative estimate of drug-likeness (QED) is 0.893. The summed E-state index contributed by atoms with van der Waals surface area (Å²) in [6.07, 6.45) is -4.63. The molecule has 0 unspecified atom stereocenters. The van der Waals surface area contributed by atoms with E-state index in [-0.39, 0.29) is 5.75 Å². The predicted octanol–water partition coefficient (Wildman–Crippen LogP) is 2.24. The molecule has 2 aliphatic rings. The summed E-state index contributed by atoms with van der Waals surface area (Å²) in [5, 5.41) is 3.36. The lowest BCUT2D eigenvalue weighted by atomic mass is 10.0. The first kappa shape index (κ1) is 12.6. The van der Waals surface area contributed by atoms with Crippen molar-refractivity contribution in [1.82, 2.24) is 5.32 Å². The van der Waals surface area contributed by atoms with Crippen LogP contribution >= 0.6 is 0 Å². The lowest BCUT2D eigenvalue weighted by Crippen LogP contribution is -2.25. The van der Waals surface area contributed by atoms with Gasteiger partial charge in [0.1, 0.15) is 5.75 Å². The number of hydrogen-bond acceptors (Lipinski definition) is 3. The lowest BCUT2D eigenvalue weighted by molar-refractivity contribution is -0.274. The molecule has 0 radical (unpaired) electrons. The minimum atomic E-state index is -4.63. The van der Waals surface area contributed by atoms with E-state index in [1.807, 2.05) is 0 Å². The van der Waals surface area contributed by atoms with Gasteiger partial charge >= 0.3 is 6.36 Å². The molecule has 3 nitrogen and oxygen atoms in total. The molecule has 0 amide bonds. The number of fused-ring (bicyclic) bond motifs is 1. The highest BCUT2D eigenvalue weighted by Crippen LogP contribution is 2.32. The van der Waals surface area contributed by atoms with Crippen molar-refractivity contribution < 1.29 is 17.9 Å². The molecule has 2 saturated heterocycles. The van der Waals surface area contributed by atoms with E-state index >= 15 is 0 Å². The molecule has 1 aromatic carbocycles. The van der Waals surface area contributed by atoms with Gasteiger partial charge in [0, 0.05) is 31.9 Å². The topological polar surface area (TPSA) is 24.5 Å². The number of halogens is 3. The van der Waals surface area contributed by atoms with E-state index in [1.165, 1.54) is 12.1 Å². The third kappa shape index (κ3) is 2.78. The van der Waals surface area contributed by atoms with Crippen molar-refractivity contribution in [2.24, 2.45) is 11.8 Å². The van der Waals surface area contributed by atoms with Gasteiger partial charge in [0.25, 0.3) is 0 Å². The van der Waals surface area contributed by atoms with Gasteiger partial charge in [-0.15, -0.1) is 13.2 Å². The van der Waals surface area contributed by atoms with Gasteiger partial charge in [-0.3, -0.25) is 0 Å². The number of ether oxygens (including phenoxy) is 1. The Balaban J connectivity index is 1.66. The monoisotopic (exact) mass is 272 g/mol. The van der Waals surface area contributed by atoms with Crippen molar-refractivity contribution >= 4 is 5.69 Å². The molecule has 2 aliphatic heterocycles. The fraction of sp³-hybridized carbons (Fsp3) is 0.538. The van der Waals surface area contributed by atoms with Gasteiger partial charge in [0.15, 0.2) is 0 Å². The highest BCUT2D eigenvalue weighted by molar-refractivity contribution is 5.50. The standard InChI is InChI=1S/C13H15F3N2O/c14-13(15,16)19-12-3-1-11(2-4-12)18-7-9-5-17-6-10(9)8-18/h1-4,9-10,17H,5-8H2/t9-,10+. The second-order valence-corrected chi connectivity index (χ2v) is 5.13. The maximum absolute atomic E-state index is 12.1. The molecule has 1 aromatic rings. The molecule has 0 spiro atoms. The van der Waals surface area contributed by atoms with Crippen LogP contribution in [-0.2, 0) is 0 Å². The third-order valence-corrected chi connectivity index (χ3v) is 3.82. The first-order valence-electron chi connectivity index (χ1n) is 6.33. The number of nitrogens with zero attached hydrogens (tertiary/aromatic N) is 1. The van der Waals surface area contributed by atoms with Crippen molar-refractivity contribution in [2.45, 2.75) is 6.36 Å². The van der Waals surface area contributed by atoms with Gasteiger partial charge in [-0.1, -0.05) is 0 Å². The second kappa shape index (κ2) is 4.59. The lowest BCUT2D eigenvalue weighted by Gasteiger charge is -2.20. The van der Waals surface area contributed by atoms with Crippen molar-refractivity contribution in [3.8, 4) is 5.75 Å². The third-order valence-electron chi connectivity index (χ3n) is 3.82. The van der Waals surface area contributed by atoms with E-state index in [0.717, 1.165) is 31.9 Å². The van der Waals surface area contributed by atoms with E-state index in [0.29, 0.717) is 11.8 Å². The van der Waals surface area contributed by atoms with Crippen LogP contribution < -0.4 is 15.0 Å². The second-order valence-electron chi connectivity index (χ2n) is 5.13. The predicted molar refractivity (Wildman–Crippen MR) is 65.2 cm³/mol. The summed E-state index contributed by atoms with van der Waals surface area (Å²) in [4.78, 5) is 2.23. The molecule has 0 aromatic heterocycles. The minimum absolute atomic E-state index is 0.169. The van der Waals surface area contributed by atoms with E-state index < -0.39 is 6.36 Å². The summed E-state index contributed by atoms with van der Waals surface area (Å²) in [7, 11) is 0. The maximum Gasteiger partial charge on any atom is 0.573 e. The minimum Gasteiger partial charge on any atom is -0.406 e. The molecule has 0 bridgehead atoms. The average Bonchev–Trinajstić information content (AvgIpc) is 2.87. The molecule has 2 heterocycles. The molecule has 6 heteroatoms. The molecule has 2 fully saturated rings. The Labute approximate surface area is 109 Å². The molecular weight excluding hydrogens is 257 g/mol. The summed E-state index contributed by atoms with van der Waals surface area (Å²) >= 11 is 0. The molecule has 2 atom stereocenters. The number of rotatable bonds is 2. The number of nitrogens with one attached hydrogen (secondary N) is 1. The van der Waals surface area contributed by atoms with Crippen LogP contribution in [0.5, 0.6) is 5.75 Å². The molecule has 104 valence electrons. The zero-order chi connectivity index (χ0) is 13.5. The van der Waals surface area contributed by atoms with E-state index in [2.05, 4.69) is 15.0 Å². The summed E-state index contributed by atoms with van der Waals surface area (Å²) in [5.41, 5.74) is 0.962. The summed E-state index contributed by atoms with van der Waals surface area (Å²) < 4.78 is 40.0. The van der Waals surface area contributed by atoms with Crippen LogP contribution in [0.15, 0.2) is 24.3 Å². The van der Waals surface area contributed by atoms with E-state index in [1.54, 1.807) is 12.1 Å². The van der Waals surface area contributed by atoms with Crippen LogP contribution in [0.4, 0.5) is 18.9 Å². The van der Waals surface area contributed by atoms with Crippen LogP contribution in [0.25, 0.3) is 0 Å².